The van der Waals surface area contributed by atoms with Crippen molar-refractivity contribution in [2.75, 3.05) is 0 Å². The van der Waals surface area contributed by atoms with Gasteiger partial charge in [-0.3, -0.25) is 0 Å². The Labute approximate surface area is 129 Å². The first kappa shape index (κ1) is 15.8. The van der Waals surface area contributed by atoms with Crippen LogP contribution in [-0.2, 0) is 17.4 Å². The summed E-state index contributed by atoms with van der Waals surface area (Å²) in [5, 5.41) is 0. The quantitative estimate of drug-likeness (QED) is 0.856. The zero-order valence-electron chi connectivity index (χ0n) is 13.7. The molecule has 1 unspecified atom stereocenters. The zero-order valence-corrected chi connectivity index (χ0v) is 13.7. The molecule has 0 aliphatic heterocycles. The largest absolute Gasteiger partial charge is 0.321 e. The maximum Gasteiger partial charge on any atom is 0.0447 e. The van der Waals surface area contributed by atoms with Gasteiger partial charge in [-0.05, 0) is 34.9 Å². The van der Waals surface area contributed by atoms with Crippen molar-refractivity contribution in [2.45, 2.75) is 51.5 Å². The number of nitrogens with two attached hydrogens (primary N) is 1. The van der Waals surface area contributed by atoms with E-state index < -0.39 is 0 Å². The molecule has 0 spiro atoms. The molecule has 2 aromatic rings. The summed E-state index contributed by atoms with van der Waals surface area (Å²) in [6.07, 6.45) is 1.80. The summed E-state index contributed by atoms with van der Waals surface area (Å²) in [5.41, 5.74) is 10.5. The van der Waals surface area contributed by atoms with Crippen LogP contribution in [0.2, 0.25) is 0 Å². The van der Waals surface area contributed by atoms with Gasteiger partial charge in [-0.2, -0.15) is 0 Å². The van der Waals surface area contributed by atoms with E-state index in [0.29, 0.717) is 0 Å². The van der Waals surface area contributed by atoms with Gasteiger partial charge in [-0.1, -0.05) is 82.3 Å². The average molecular weight is 281 g/mol. The van der Waals surface area contributed by atoms with Gasteiger partial charge in [-0.25, -0.2) is 0 Å². The third-order valence-electron chi connectivity index (χ3n) is 4.32. The third-order valence-corrected chi connectivity index (χ3v) is 4.32. The molecule has 0 aliphatic carbocycles. The maximum atomic E-state index is 6.67. The van der Waals surface area contributed by atoms with Crippen molar-refractivity contribution in [3.05, 3.63) is 71.3 Å². The normalized spacial score (nSPS) is 14.7. The van der Waals surface area contributed by atoms with Gasteiger partial charge in [0.25, 0.3) is 0 Å². The van der Waals surface area contributed by atoms with Crippen molar-refractivity contribution in [3.8, 4) is 0 Å². The second-order valence-electron chi connectivity index (χ2n) is 7.00. The maximum absolute atomic E-state index is 6.67. The summed E-state index contributed by atoms with van der Waals surface area (Å²) in [7, 11) is 0. The first-order chi connectivity index (χ1) is 9.85. The lowest BCUT2D eigenvalue weighted by atomic mass is 9.81. The van der Waals surface area contributed by atoms with E-state index in [1.807, 2.05) is 6.07 Å². The van der Waals surface area contributed by atoms with Gasteiger partial charge < -0.3 is 5.73 Å². The number of hydrogen-bond donors (Lipinski definition) is 1. The van der Waals surface area contributed by atoms with Crippen LogP contribution >= 0.6 is 0 Å². The minimum Gasteiger partial charge on any atom is -0.321 e. The van der Waals surface area contributed by atoms with Gasteiger partial charge in [0.1, 0.15) is 0 Å². The molecule has 0 saturated carbocycles. The van der Waals surface area contributed by atoms with Crippen LogP contribution in [0, 0.1) is 0 Å². The van der Waals surface area contributed by atoms with Crippen molar-refractivity contribution in [3.63, 3.8) is 0 Å². The molecule has 0 bridgehead atoms. The van der Waals surface area contributed by atoms with E-state index in [0.717, 1.165) is 12.8 Å². The highest BCUT2D eigenvalue weighted by Crippen LogP contribution is 2.28. The molecule has 2 N–H and O–H groups in total. The first-order valence-electron chi connectivity index (χ1n) is 7.79. The van der Waals surface area contributed by atoms with Crippen molar-refractivity contribution in [1.29, 1.82) is 0 Å². The highest BCUT2D eigenvalue weighted by molar-refractivity contribution is 5.31. The Morgan fingerprint density at radius 3 is 1.86 bits per heavy atom. The zero-order chi connectivity index (χ0) is 15.5. The molecule has 0 saturated heterocycles. The molecule has 1 atom stereocenters. The predicted octanol–water partition coefficient (Wildman–Crippen LogP) is 4.79. The predicted molar refractivity (Wildman–Crippen MR) is 91.4 cm³/mol. The Bertz CT molecular complexity index is 563. The second-order valence-corrected chi connectivity index (χ2v) is 7.00. The number of rotatable bonds is 4. The van der Waals surface area contributed by atoms with E-state index in [1.165, 1.54) is 16.7 Å². The molecule has 0 radical (unpaired) electrons. The number of benzene rings is 2. The Balaban J connectivity index is 2.23. The Hall–Kier alpha value is -1.60. The summed E-state index contributed by atoms with van der Waals surface area (Å²) >= 11 is 0. The van der Waals surface area contributed by atoms with E-state index in [-0.39, 0.29) is 11.0 Å². The van der Waals surface area contributed by atoms with E-state index in [9.17, 15) is 0 Å². The number of hydrogen-bond acceptors (Lipinski definition) is 1. The van der Waals surface area contributed by atoms with Crippen LogP contribution in [-0.4, -0.2) is 0 Å². The van der Waals surface area contributed by atoms with Crippen molar-refractivity contribution >= 4 is 0 Å². The molecule has 0 heterocycles. The summed E-state index contributed by atoms with van der Waals surface area (Å²) < 4.78 is 0. The lowest BCUT2D eigenvalue weighted by Gasteiger charge is -2.29. The molecular formula is C20H27N. The summed E-state index contributed by atoms with van der Waals surface area (Å²) in [5.74, 6) is 0. The molecule has 0 amide bonds. The van der Waals surface area contributed by atoms with Gasteiger partial charge in [0.15, 0.2) is 0 Å². The average Bonchev–Trinajstić information content (AvgIpc) is 2.47. The van der Waals surface area contributed by atoms with Crippen molar-refractivity contribution < 1.29 is 0 Å². The molecule has 112 valence electrons. The van der Waals surface area contributed by atoms with Gasteiger partial charge >= 0.3 is 0 Å². The van der Waals surface area contributed by atoms with E-state index >= 15 is 0 Å². The molecule has 2 rings (SSSR count). The van der Waals surface area contributed by atoms with Crippen LogP contribution in [0.4, 0.5) is 0 Å². The summed E-state index contributed by atoms with van der Waals surface area (Å²) in [6.45, 7) is 8.89. The molecular weight excluding hydrogens is 254 g/mol. The highest BCUT2D eigenvalue weighted by Gasteiger charge is 2.25. The van der Waals surface area contributed by atoms with Gasteiger partial charge in [0, 0.05) is 5.54 Å². The Morgan fingerprint density at radius 2 is 1.38 bits per heavy atom. The minimum atomic E-state index is -0.287. The van der Waals surface area contributed by atoms with Crippen molar-refractivity contribution in [2.24, 2.45) is 5.73 Å². The van der Waals surface area contributed by atoms with Crippen LogP contribution in [0.3, 0.4) is 0 Å². The topological polar surface area (TPSA) is 26.0 Å². The monoisotopic (exact) mass is 281 g/mol. The summed E-state index contributed by atoms with van der Waals surface area (Å²) in [4.78, 5) is 0. The van der Waals surface area contributed by atoms with Gasteiger partial charge in [-0.15, -0.1) is 0 Å². The fourth-order valence-electron chi connectivity index (χ4n) is 2.69. The molecule has 0 aromatic heterocycles. The SMILES string of the molecule is CCC(N)(Cc1ccc(C(C)(C)C)cc1)c1ccccc1. The minimum absolute atomic E-state index is 0.197. The molecule has 21 heavy (non-hydrogen) atoms. The standard InChI is InChI=1S/C20H27N/c1-5-20(21,18-9-7-6-8-10-18)15-16-11-13-17(14-12-16)19(2,3)4/h6-14H,5,15,21H2,1-4H3. The van der Waals surface area contributed by atoms with Gasteiger partial charge in [0.2, 0.25) is 0 Å². The highest BCUT2D eigenvalue weighted by atomic mass is 14.7. The molecule has 2 aromatic carbocycles. The lowest BCUT2D eigenvalue weighted by Crippen LogP contribution is -2.38. The van der Waals surface area contributed by atoms with Crippen LogP contribution in [0.5, 0.6) is 0 Å². The van der Waals surface area contributed by atoms with Crippen LogP contribution < -0.4 is 5.73 Å². The Morgan fingerprint density at radius 1 is 0.810 bits per heavy atom. The molecule has 0 fully saturated rings. The van der Waals surface area contributed by atoms with Crippen molar-refractivity contribution in [1.82, 2.24) is 0 Å². The van der Waals surface area contributed by atoms with E-state index in [4.69, 9.17) is 5.73 Å². The lowest BCUT2D eigenvalue weighted by molar-refractivity contribution is 0.425. The van der Waals surface area contributed by atoms with Crippen LogP contribution in [0.1, 0.15) is 50.8 Å². The first-order valence-corrected chi connectivity index (χ1v) is 7.79. The summed E-state index contributed by atoms with van der Waals surface area (Å²) in [6, 6.07) is 19.3. The second kappa shape index (κ2) is 6.03. The van der Waals surface area contributed by atoms with Crippen LogP contribution in [0.25, 0.3) is 0 Å². The fraction of sp³-hybridized carbons (Fsp3) is 0.400. The molecule has 0 aliphatic rings. The Kier molecular flexibility index (Phi) is 4.53. The van der Waals surface area contributed by atoms with Gasteiger partial charge in [0.05, 0.1) is 0 Å². The van der Waals surface area contributed by atoms with E-state index in [1.54, 1.807) is 0 Å². The fourth-order valence-corrected chi connectivity index (χ4v) is 2.69. The third kappa shape index (κ3) is 3.74. The van der Waals surface area contributed by atoms with Crippen LogP contribution in [0.15, 0.2) is 54.6 Å². The molecule has 1 heteroatoms. The smallest absolute Gasteiger partial charge is 0.0447 e. The molecule has 1 nitrogen and oxygen atoms in total. The van der Waals surface area contributed by atoms with E-state index in [2.05, 4.69) is 76.2 Å².